The number of hydrogen-bond acceptors (Lipinski definition) is 4. The first-order chi connectivity index (χ1) is 9.69. The number of carbonyl (C=O) groups excluding carboxylic acids is 1. The van der Waals surface area contributed by atoms with E-state index >= 15 is 0 Å². The Labute approximate surface area is 125 Å². The van der Waals surface area contributed by atoms with E-state index in [0.717, 1.165) is 5.82 Å². The molecule has 2 rings (SSSR count). The van der Waals surface area contributed by atoms with Gasteiger partial charge in [0.05, 0.1) is 18.7 Å². The highest BCUT2D eigenvalue weighted by molar-refractivity contribution is 5.68. The summed E-state index contributed by atoms with van der Waals surface area (Å²) in [5.41, 5.74) is -0.530. The third-order valence-corrected chi connectivity index (χ3v) is 3.48. The lowest BCUT2D eigenvalue weighted by molar-refractivity contribution is 0.0270. The highest BCUT2D eigenvalue weighted by atomic mass is 16.6. The lowest BCUT2D eigenvalue weighted by Gasteiger charge is -2.24. The molecule has 0 saturated carbocycles. The van der Waals surface area contributed by atoms with Crippen molar-refractivity contribution < 1.29 is 14.6 Å². The average molecular weight is 295 g/mol. The molecule has 2 heterocycles. The number of carbonyl (C=O) groups is 1. The molecule has 6 heteroatoms. The fourth-order valence-electron chi connectivity index (χ4n) is 2.57. The fraction of sp³-hybridized carbons (Fsp3) is 0.733. The predicted molar refractivity (Wildman–Crippen MR) is 79.2 cm³/mol. The second-order valence-corrected chi connectivity index (χ2v) is 6.87. The topological polar surface area (TPSA) is 67.6 Å². The summed E-state index contributed by atoms with van der Waals surface area (Å²) in [6, 6.07) is -0.169. The van der Waals surface area contributed by atoms with E-state index in [1.165, 1.54) is 0 Å². The Bertz CT molecular complexity index is 505. The van der Waals surface area contributed by atoms with Crippen LogP contribution in [-0.2, 0) is 4.74 Å². The van der Waals surface area contributed by atoms with Crippen LogP contribution in [0.25, 0.3) is 0 Å². The Balaban J connectivity index is 2.11. The molecule has 21 heavy (non-hydrogen) atoms. The molecule has 0 bridgehead atoms. The second-order valence-electron chi connectivity index (χ2n) is 6.87. The number of ether oxygens (including phenoxy) is 1. The molecule has 1 aromatic rings. The Kier molecular flexibility index (Phi) is 4.27. The van der Waals surface area contributed by atoms with Crippen LogP contribution in [0.4, 0.5) is 4.79 Å². The van der Waals surface area contributed by atoms with Crippen molar-refractivity contribution in [3.63, 3.8) is 0 Å². The smallest absolute Gasteiger partial charge is 0.410 e. The molecule has 2 atom stereocenters. The van der Waals surface area contributed by atoms with Crippen molar-refractivity contribution in [2.24, 2.45) is 0 Å². The highest BCUT2D eigenvalue weighted by Gasteiger charge is 2.38. The molecule has 0 aliphatic carbocycles. The van der Waals surface area contributed by atoms with Crippen molar-refractivity contribution in [3.8, 4) is 0 Å². The van der Waals surface area contributed by atoms with Gasteiger partial charge in [-0.15, -0.1) is 0 Å². The number of aliphatic hydroxyl groups is 1. The maximum atomic E-state index is 12.1. The predicted octanol–water partition coefficient (Wildman–Crippen LogP) is 2.16. The SMILES string of the molecule is CC(C)c1nccn1C1CN(C(=O)OC(C)(C)C)C[C@H]1O. The minimum absolute atomic E-state index is 0.169. The van der Waals surface area contributed by atoms with Crippen molar-refractivity contribution in [1.82, 2.24) is 14.5 Å². The standard InChI is InChI=1S/C15H25N3O3/c1-10(2)13-16-6-7-18(13)11-8-17(9-12(11)19)14(20)21-15(3,4)5/h6-7,10-12,19H,8-9H2,1-5H3/t11?,12-/m1/s1. The van der Waals surface area contributed by atoms with Crippen LogP contribution in [0.15, 0.2) is 12.4 Å². The van der Waals surface area contributed by atoms with E-state index in [0.29, 0.717) is 6.54 Å². The van der Waals surface area contributed by atoms with Crippen LogP contribution in [0.5, 0.6) is 0 Å². The van der Waals surface area contributed by atoms with Gasteiger partial charge >= 0.3 is 6.09 Å². The number of likely N-dealkylation sites (tertiary alicyclic amines) is 1. The first kappa shape index (κ1) is 15.8. The van der Waals surface area contributed by atoms with Crippen molar-refractivity contribution in [1.29, 1.82) is 0 Å². The second kappa shape index (κ2) is 5.67. The van der Waals surface area contributed by atoms with Crippen LogP contribution in [0.1, 0.15) is 52.4 Å². The molecule has 1 fully saturated rings. The Morgan fingerprint density at radius 3 is 2.67 bits per heavy atom. The summed E-state index contributed by atoms with van der Waals surface area (Å²) in [6.07, 6.45) is 2.61. The number of amides is 1. The quantitative estimate of drug-likeness (QED) is 0.908. The third-order valence-electron chi connectivity index (χ3n) is 3.48. The van der Waals surface area contributed by atoms with Gasteiger partial charge in [-0.05, 0) is 20.8 Å². The average Bonchev–Trinajstić information content (AvgIpc) is 2.92. The summed E-state index contributed by atoms with van der Waals surface area (Å²) in [6.45, 7) is 10.4. The third kappa shape index (κ3) is 3.56. The van der Waals surface area contributed by atoms with Crippen molar-refractivity contribution in [2.75, 3.05) is 13.1 Å². The van der Waals surface area contributed by atoms with Crippen molar-refractivity contribution in [3.05, 3.63) is 18.2 Å². The van der Waals surface area contributed by atoms with Crippen molar-refractivity contribution in [2.45, 2.75) is 58.3 Å². The van der Waals surface area contributed by atoms with Crippen LogP contribution < -0.4 is 0 Å². The van der Waals surface area contributed by atoms with E-state index in [1.54, 1.807) is 11.1 Å². The van der Waals surface area contributed by atoms with Gasteiger partial charge in [-0.2, -0.15) is 0 Å². The van der Waals surface area contributed by atoms with Gasteiger partial charge in [0.25, 0.3) is 0 Å². The lowest BCUT2D eigenvalue weighted by Crippen LogP contribution is -2.35. The number of imidazole rings is 1. The van der Waals surface area contributed by atoms with Gasteiger partial charge in [0.15, 0.2) is 0 Å². The van der Waals surface area contributed by atoms with E-state index in [4.69, 9.17) is 4.74 Å². The Morgan fingerprint density at radius 2 is 2.10 bits per heavy atom. The zero-order valence-electron chi connectivity index (χ0n) is 13.4. The summed E-state index contributed by atoms with van der Waals surface area (Å²) < 4.78 is 7.34. The summed E-state index contributed by atoms with van der Waals surface area (Å²) in [7, 11) is 0. The maximum absolute atomic E-state index is 12.1. The summed E-state index contributed by atoms with van der Waals surface area (Å²) in [5, 5.41) is 10.3. The van der Waals surface area contributed by atoms with Crippen LogP contribution in [-0.4, -0.2) is 50.4 Å². The van der Waals surface area contributed by atoms with E-state index < -0.39 is 11.7 Å². The van der Waals surface area contributed by atoms with Gasteiger partial charge in [0, 0.05) is 24.9 Å². The number of rotatable bonds is 2. The van der Waals surface area contributed by atoms with Crippen LogP contribution in [0.2, 0.25) is 0 Å². The molecule has 6 nitrogen and oxygen atoms in total. The van der Waals surface area contributed by atoms with Gasteiger partial charge in [-0.25, -0.2) is 9.78 Å². The van der Waals surface area contributed by atoms with Crippen molar-refractivity contribution >= 4 is 6.09 Å². The van der Waals surface area contributed by atoms with Crippen LogP contribution in [0.3, 0.4) is 0 Å². The Hall–Kier alpha value is -1.56. The van der Waals surface area contributed by atoms with E-state index in [1.807, 2.05) is 31.5 Å². The van der Waals surface area contributed by atoms with Gasteiger partial charge < -0.3 is 19.3 Å². The zero-order chi connectivity index (χ0) is 15.8. The molecule has 0 radical (unpaired) electrons. The molecule has 0 spiro atoms. The molecule has 1 unspecified atom stereocenters. The van der Waals surface area contributed by atoms with E-state index in [2.05, 4.69) is 18.8 Å². The number of aromatic nitrogens is 2. The lowest BCUT2D eigenvalue weighted by atomic mass is 10.1. The van der Waals surface area contributed by atoms with E-state index in [-0.39, 0.29) is 24.6 Å². The van der Waals surface area contributed by atoms with Gasteiger partial charge in [0.2, 0.25) is 0 Å². The summed E-state index contributed by atoms with van der Waals surface area (Å²) in [4.78, 5) is 18.0. The molecule has 1 amide bonds. The molecule has 1 saturated heterocycles. The maximum Gasteiger partial charge on any atom is 0.410 e. The zero-order valence-corrected chi connectivity index (χ0v) is 13.4. The van der Waals surface area contributed by atoms with Gasteiger partial charge in [0.1, 0.15) is 11.4 Å². The number of aliphatic hydroxyl groups excluding tert-OH is 1. The molecule has 0 aromatic carbocycles. The van der Waals surface area contributed by atoms with Crippen LogP contribution >= 0.6 is 0 Å². The minimum Gasteiger partial charge on any atom is -0.444 e. The van der Waals surface area contributed by atoms with Gasteiger partial charge in [-0.1, -0.05) is 13.8 Å². The summed E-state index contributed by atoms with van der Waals surface area (Å²) >= 11 is 0. The minimum atomic E-state index is -0.607. The molecule has 1 aliphatic heterocycles. The molecule has 1 aromatic heterocycles. The van der Waals surface area contributed by atoms with Gasteiger partial charge in [-0.3, -0.25) is 0 Å². The first-order valence-electron chi connectivity index (χ1n) is 7.37. The monoisotopic (exact) mass is 295 g/mol. The molecule has 1 aliphatic rings. The molecule has 1 N–H and O–H groups in total. The Morgan fingerprint density at radius 1 is 1.43 bits per heavy atom. The van der Waals surface area contributed by atoms with Crippen LogP contribution in [0, 0.1) is 0 Å². The summed E-state index contributed by atoms with van der Waals surface area (Å²) in [5.74, 6) is 1.19. The molecule has 118 valence electrons. The van der Waals surface area contributed by atoms with E-state index in [9.17, 15) is 9.90 Å². The molecular formula is C15H25N3O3. The normalized spacial score (nSPS) is 22.9. The first-order valence-corrected chi connectivity index (χ1v) is 7.37. The number of hydrogen-bond donors (Lipinski definition) is 1. The molecular weight excluding hydrogens is 270 g/mol. The number of β-amino-alcohol motifs (C(OH)–C–C–N with tert-alkyl or cyclic N) is 1. The largest absolute Gasteiger partial charge is 0.444 e. The number of nitrogens with zero attached hydrogens (tertiary/aromatic N) is 3. The highest BCUT2D eigenvalue weighted by Crippen LogP contribution is 2.27. The fourth-order valence-corrected chi connectivity index (χ4v) is 2.57.